The van der Waals surface area contributed by atoms with Crippen LogP contribution >= 0.6 is 0 Å². The standard InChI is InChI=1S/C11H19NO/c1-2-11(5-3-6-11)9-12-7-4-10(13)8-12/h2-9H2,1H3. The van der Waals surface area contributed by atoms with Gasteiger partial charge in [0.05, 0.1) is 6.54 Å². The van der Waals surface area contributed by atoms with E-state index in [9.17, 15) is 4.79 Å². The van der Waals surface area contributed by atoms with Crippen molar-refractivity contribution in [1.82, 2.24) is 4.90 Å². The van der Waals surface area contributed by atoms with E-state index in [1.807, 2.05) is 0 Å². The summed E-state index contributed by atoms with van der Waals surface area (Å²) in [4.78, 5) is 13.4. The lowest BCUT2D eigenvalue weighted by Gasteiger charge is -2.43. The number of hydrogen-bond acceptors (Lipinski definition) is 2. The quantitative estimate of drug-likeness (QED) is 0.662. The Hall–Kier alpha value is -0.370. The fourth-order valence-electron chi connectivity index (χ4n) is 2.60. The SMILES string of the molecule is CCC1(CN2CCC(=O)C2)CCC1. The van der Waals surface area contributed by atoms with Gasteiger partial charge in [0.25, 0.3) is 0 Å². The first-order valence-electron chi connectivity index (χ1n) is 5.48. The Morgan fingerprint density at radius 3 is 2.62 bits per heavy atom. The molecule has 2 aliphatic rings. The number of carbonyl (C=O) groups is 1. The van der Waals surface area contributed by atoms with E-state index in [2.05, 4.69) is 11.8 Å². The first-order chi connectivity index (χ1) is 6.24. The fraction of sp³-hybridized carbons (Fsp3) is 0.909. The van der Waals surface area contributed by atoms with Crippen molar-refractivity contribution in [3.8, 4) is 0 Å². The molecular weight excluding hydrogens is 162 g/mol. The van der Waals surface area contributed by atoms with Crippen LogP contribution in [0.4, 0.5) is 0 Å². The predicted octanol–water partition coefficient (Wildman–Crippen LogP) is 1.84. The van der Waals surface area contributed by atoms with Crippen molar-refractivity contribution in [3.05, 3.63) is 0 Å². The number of nitrogens with zero attached hydrogens (tertiary/aromatic N) is 1. The summed E-state index contributed by atoms with van der Waals surface area (Å²) in [5.74, 6) is 0.436. The van der Waals surface area contributed by atoms with Crippen molar-refractivity contribution in [1.29, 1.82) is 0 Å². The molecule has 0 spiro atoms. The lowest BCUT2D eigenvalue weighted by molar-refractivity contribution is -0.117. The molecule has 1 aliphatic heterocycles. The number of rotatable bonds is 3. The van der Waals surface area contributed by atoms with Crippen LogP contribution < -0.4 is 0 Å². The molecule has 0 aromatic rings. The van der Waals surface area contributed by atoms with Gasteiger partial charge in [-0.15, -0.1) is 0 Å². The summed E-state index contributed by atoms with van der Waals surface area (Å²) >= 11 is 0. The van der Waals surface area contributed by atoms with E-state index in [1.54, 1.807) is 0 Å². The highest BCUT2D eigenvalue weighted by Crippen LogP contribution is 2.44. The van der Waals surface area contributed by atoms with Crippen LogP contribution in [-0.4, -0.2) is 30.3 Å². The molecular formula is C11H19NO. The first kappa shape index (κ1) is 9.20. The monoisotopic (exact) mass is 181 g/mol. The third-order valence-corrected chi connectivity index (χ3v) is 3.83. The molecule has 0 radical (unpaired) electrons. The molecule has 0 bridgehead atoms. The molecule has 2 fully saturated rings. The number of ketones is 1. The molecule has 0 unspecified atom stereocenters. The molecule has 0 N–H and O–H groups in total. The summed E-state index contributed by atoms with van der Waals surface area (Å²) in [7, 11) is 0. The molecule has 1 heterocycles. The predicted molar refractivity (Wildman–Crippen MR) is 52.6 cm³/mol. The second-order valence-electron chi connectivity index (χ2n) is 4.71. The van der Waals surface area contributed by atoms with Gasteiger partial charge in [0, 0.05) is 19.5 Å². The van der Waals surface area contributed by atoms with Crippen molar-refractivity contribution < 1.29 is 4.79 Å². The van der Waals surface area contributed by atoms with Crippen LogP contribution in [0.2, 0.25) is 0 Å². The van der Waals surface area contributed by atoms with E-state index in [4.69, 9.17) is 0 Å². The van der Waals surface area contributed by atoms with E-state index in [1.165, 1.54) is 32.2 Å². The average molecular weight is 181 g/mol. The highest BCUT2D eigenvalue weighted by Gasteiger charge is 2.37. The minimum absolute atomic E-state index is 0.436. The number of hydrogen-bond donors (Lipinski definition) is 0. The maximum absolute atomic E-state index is 11.1. The molecule has 2 heteroatoms. The Balaban J connectivity index is 1.86. The van der Waals surface area contributed by atoms with Crippen LogP contribution in [0.3, 0.4) is 0 Å². The van der Waals surface area contributed by atoms with Crippen LogP contribution in [0.5, 0.6) is 0 Å². The molecule has 74 valence electrons. The zero-order valence-electron chi connectivity index (χ0n) is 8.51. The zero-order chi connectivity index (χ0) is 9.31. The summed E-state index contributed by atoms with van der Waals surface area (Å²) < 4.78 is 0. The number of Topliss-reactive ketones (excluding diaryl/α,β-unsaturated/α-hetero) is 1. The van der Waals surface area contributed by atoms with E-state index in [-0.39, 0.29) is 0 Å². The summed E-state index contributed by atoms with van der Waals surface area (Å²) in [6.07, 6.45) is 6.25. The summed E-state index contributed by atoms with van der Waals surface area (Å²) in [6, 6.07) is 0. The Bertz CT molecular complexity index is 203. The third kappa shape index (κ3) is 1.78. The van der Waals surface area contributed by atoms with E-state index >= 15 is 0 Å². The van der Waals surface area contributed by atoms with Crippen LogP contribution in [0.25, 0.3) is 0 Å². The highest BCUT2D eigenvalue weighted by atomic mass is 16.1. The average Bonchev–Trinajstić information content (AvgIpc) is 2.44. The minimum Gasteiger partial charge on any atom is -0.298 e. The molecule has 1 saturated carbocycles. The zero-order valence-corrected chi connectivity index (χ0v) is 8.51. The van der Waals surface area contributed by atoms with Gasteiger partial charge >= 0.3 is 0 Å². The smallest absolute Gasteiger partial charge is 0.148 e. The van der Waals surface area contributed by atoms with Gasteiger partial charge in [-0.05, 0) is 24.7 Å². The lowest BCUT2D eigenvalue weighted by Crippen LogP contribution is -2.41. The number of likely N-dealkylation sites (tertiary alicyclic amines) is 1. The normalized spacial score (nSPS) is 27.6. The van der Waals surface area contributed by atoms with Crippen molar-refractivity contribution in [2.45, 2.75) is 39.0 Å². The summed E-state index contributed by atoms with van der Waals surface area (Å²) in [5.41, 5.74) is 0.588. The molecule has 0 aromatic heterocycles. The number of carbonyl (C=O) groups excluding carboxylic acids is 1. The first-order valence-corrected chi connectivity index (χ1v) is 5.48. The van der Waals surface area contributed by atoms with Crippen LogP contribution in [0.15, 0.2) is 0 Å². The van der Waals surface area contributed by atoms with Gasteiger partial charge < -0.3 is 0 Å². The van der Waals surface area contributed by atoms with Gasteiger partial charge in [0.1, 0.15) is 5.78 Å². The molecule has 0 amide bonds. The van der Waals surface area contributed by atoms with Gasteiger partial charge in [-0.1, -0.05) is 13.3 Å². The van der Waals surface area contributed by atoms with Crippen molar-refractivity contribution in [3.63, 3.8) is 0 Å². The molecule has 0 aromatic carbocycles. The minimum atomic E-state index is 0.436. The Labute approximate surface area is 80.3 Å². The third-order valence-electron chi connectivity index (χ3n) is 3.83. The summed E-state index contributed by atoms with van der Waals surface area (Å²) in [6.45, 7) is 5.20. The van der Waals surface area contributed by atoms with Crippen LogP contribution in [0, 0.1) is 5.41 Å². The maximum Gasteiger partial charge on any atom is 0.148 e. The van der Waals surface area contributed by atoms with E-state index < -0.39 is 0 Å². The molecule has 1 aliphatic carbocycles. The molecule has 2 rings (SSSR count). The van der Waals surface area contributed by atoms with E-state index in [0.29, 0.717) is 11.2 Å². The Morgan fingerprint density at radius 2 is 2.23 bits per heavy atom. The second-order valence-corrected chi connectivity index (χ2v) is 4.71. The molecule has 0 atom stereocenters. The maximum atomic E-state index is 11.1. The largest absolute Gasteiger partial charge is 0.298 e. The van der Waals surface area contributed by atoms with Gasteiger partial charge in [0.15, 0.2) is 0 Å². The van der Waals surface area contributed by atoms with Crippen LogP contribution in [-0.2, 0) is 4.79 Å². The van der Waals surface area contributed by atoms with Crippen LogP contribution in [0.1, 0.15) is 39.0 Å². The van der Waals surface area contributed by atoms with E-state index in [0.717, 1.165) is 19.5 Å². The van der Waals surface area contributed by atoms with Gasteiger partial charge in [-0.25, -0.2) is 0 Å². The Kier molecular flexibility index (Phi) is 2.41. The second kappa shape index (κ2) is 3.41. The van der Waals surface area contributed by atoms with Crippen molar-refractivity contribution >= 4 is 5.78 Å². The molecule has 1 saturated heterocycles. The summed E-state index contributed by atoms with van der Waals surface area (Å²) in [5, 5.41) is 0. The van der Waals surface area contributed by atoms with Crippen molar-refractivity contribution in [2.75, 3.05) is 19.6 Å². The molecule has 13 heavy (non-hydrogen) atoms. The lowest BCUT2D eigenvalue weighted by atomic mass is 9.67. The topological polar surface area (TPSA) is 20.3 Å². The van der Waals surface area contributed by atoms with Gasteiger partial charge in [-0.3, -0.25) is 9.69 Å². The van der Waals surface area contributed by atoms with Gasteiger partial charge in [0.2, 0.25) is 0 Å². The van der Waals surface area contributed by atoms with Gasteiger partial charge in [-0.2, -0.15) is 0 Å². The highest BCUT2D eigenvalue weighted by molar-refractivity contribution is 5.82. The fourth-order valence-corrected chi connectivity index (χ4v) is 2.60. The van der Waals surface area contributed by atoms with Crippen molar-refractivity contribution in [2.24, 2.45) is 5.41 Å². The molecule has 2 nitrogen and oxygen atoms in total. The Morgan fingerprint density at radius 1 is 1.46 bits per heavy atom.